The van der Waals surface area contributed by atoms with Gasteiger partial charge in [0, 0.05) is 61.8 Å². The molecule has 2 atom stereocenters. The van der Waals surface area contributed by atoms with E-state index in [4.69, 9.17) is 40.8 Å². The van der Waals surface area contributed by atoms with Crippen LogP contribution in [0.2, 0.25) is 5.02 Å². The molecule has 4 aromatic rings. The van der Waals surface area contributed by atoms with Crippen molar-refractivity contribution in [2.45, 2.75) is 82.0 Å². The standard InChI is InChI=1S/C34H39ClFN7O4.C2H6/c1-45-16-19-10-21(19)26-24(35)11-25-22(15-38-41-25)27(26)30-28(36)29-23(14-37-30)31(42-8-9-47-34(17-42)12-20(44)13-34)40-32(39-29)46-18-33-4-2-6-43(33)7-3-5-33;1-2/h11,14-15,19-21,44H,2-10,12-13,16-18H2,1H3,(H,38,41);1-2H3. The van der Waals surface area contributed by atoms with Crippen molar-refractivity contribution in [1.82, 2.24) is 30.0 Å². The second-order valence-electron chi connectivity index (χ2n) is 14.3. The number of fused-ring (bicyclic) bond motifs is 3. The number of ether oxygens (including phenoxy) is 3. The number of nitrogens with one attached hydrogen (secondary N) is 1. The van der Waals surface area contributed by atoms with Crippen LogP contribution in [0.15, 0.2) is 18.5 Å². The fourth-order valence-electron chi connectivity index (χ4n) is 8.92. The second-order valence-corrected chi connectivity index (χ2v) is 14.7. The maximum absolute atomic E-state index is 17.2. The zero-order valence-corrected chi connectivity index (χ0v) is 29.2. The first kappa shape index (κ1) is 33.0. The van der Waals surface area contributed by atoms with Gasteiger partial charge in [0.1, 0.15) is 23.6 Å². The Morgan fingerprint density at radius 3 is 2.67 bits per heavy atom. The summed E-state index contributed by atoms with van der Waals surface area (Å²) in [5.74, 6) is 0.439. The number of pyridine rings is 1. The number of halogens is 2. The van der Waals surface area contributed by atoms with Gasteiger partial charge in [-0.25, -0.2) is 4.39 Å². The molecule has 2 saturated carbocycles. The van der Waals surface area contributed by atoms with Crippen molar-refractivity contribution in [3.05, 3.63) is 34.9 Å². The molecule has 11 nitrogen and oxygen atoms in total. The lowest BCUT2D eigenvalue weighted by atomic mass is 9.76. The number of aromatic nitrogens is 5. The van der Waals surface area contributed by atoms with E-state index in [-0.39, 0.29) is 34.8 Å². The van der Waals surface area contributed by atoms with E-state index < -0.39 is 11.4 Å². The predicted octanol–water partition coefficient (Wildman–Crippen LogP) is 5.87. The zero-order valence-electron chi connectivity index (χ0n) is 28.5. The largest absolute Gasteiger partial charge is 0.461 e. The molecule has 5 aliphatic rings. The minimum absolute atomic E-state index is 0.0168. The molecule has 3 aromatic heterocycles. The monoisotopic (exact) mass is 693 g/mol. The van der Waals surface area contributed by atoms with Crippen LogP contribution in [0.4, 0.5) is 10.2 Å². The normalized spacial score (nSPS) is 27.3. The van der Waals surface area contributed by atoms with Gasteiger partial charge in [0.25, 0.3) is 0 Å². The van der Waals surface area contributed by atoms with Crippen molar-refractivity contribution in [2.75, 3.05) is 58.0 Å². The molecule has 0 amide bonds. The quantitative estimate of drug-likeness (QED) is 0.232. The van der Waals surface area contributed by atoms with Gasteiger partial charge in [-0.3, -0.25) is 15.0 Å². The first-order valence-electron chi connectivity index (χ1n) is 17.8. The molecule has 1 spiro atoms. The van der Waals surface area contributed by atoms with Gasteiger partial charge in [-0.1, -0.05) is 25.4 Å². The number of nitrogens with zero attached hydrogens (tertiary/aromatic N) is 6. The van der Waals surface area contributed by atoms with E-state index in [1.165, 1.54) is 0 Å². The SMILES string of the molecule is CC.COCC1CC1c1c(Cl)cc2[nH]ncc2c1-c1ncc2c(N3CCOC4(CC(O)C4)C3)nc(OCC34CCCN3CCC4)nc2c1F. The zero-order chi connectivity index (χ0) is 33.9. The van der Waals surface area contributed by atoms with Crippen LogP contribution in [0.3, 0.4) is 0 Å². The van der Waals surface area contributed by atoms with Gasteiger partial charge in [0.2, 0.25) is 0 Å². The lowest BCUT2D eigenvalue weighted by Gasteiger charge is -2.51. The van der Waals surface area contributed by atoms with Crippen molar-refractivity contribution >= 4 is 39.2 Å². The summed E-state index contributed by atoms with van der Waals surface area (Å²) < 4.78 is 35.2. The fraction of sp³-hybridized carbons (Fsp3) is 0.611. The predicted molar refractivity (Wildman–Crippen MR) is 186 cm³/mol. The molecule has 5 fully saturated rings. The number of rotatable bonds is 8. The molecule has 3 aliphatic heterocycles. The third-order valence-corrected chi connectivity index (χ3v) is 11.6. The smallest absolute Gasteiger partial charge is 0.319 e. The van der Waals surface area contributed by atoms with Crippen LogP contribution in [0, 0.1) is 11.7 Å². The summed E-state index contributed by atoms with van der Waals surface area (Å²) in [4.78, 5) is 19.1. The minimum atomic E-state index is -0.547. The van der Waals surface area contributed by atoms with Crippen LogP contribution in [0.5, 0.6) is 6.01 Å². The van der Waals surface area contributed by atoms with Gasteiger partial charge in [0.05, 0.1) is 41.0 Å². The lowest BCUT2D eigenvalue weighted by molar-refractivity contribution is -0.159. The molecule has 9 rings (SSSR count). The first-order chi connectivity index (χ1) is 23.9. The summed E-state index contributed by atoms with van der Waals surface area (Å²) >= 11 is 6.92. The number of aliphatic hydroxyl groups excluding tert-OH is 1. The third kappa shape index (κ3) is 5.64. The highest BCUT2D eigenvalue weighted by Gasteiger charge is 2.49. The van der Waals surface area contributed by atoms with Crippen LogP contribution in [0.1, 0.15) is 70.3 Å². The molecule has 1 aromatic carbocycles. The Hall–Kier alpha value is -3.16. The number of anilines is 1. The summed E-state index contributed by atoms with van der Waals surface area (Å²) in [5, 5.41) is 19.2. The Morgan fingerprint density at radius 1 is 1.12 bits per heavy atom. The summed E-state index contributed by atoms with van der Waals surface area (Å²) in [6, 6.07) is 2.02. The van der Waals surface area contributed by atoms with Crippen LogP contribution in [-0.2, 0) is 9.47 Å². The van der Waals surface area contributed by atoms with Crippen molar-refractivity contribution in [3.63, 3.8) is 0 Å². The van der Waals surface area contributed by atoms with Gasteiger partial charge in [-0.2, -0.15) is 15.1 Å². The number of H-pyrrole nitrogens is 1. The number of hydrogen-bond acceptors (Lipinski definition) is 10. The number of aromatic amines is 1. The Labute approximate surface area is 290 Å². The molecule has 0 radical (unpaired) electrons. The van der Waals surface area contributed by atoms with Gasteiger partial charge >= 0.3 is 6.01 Å². The topological polar surface area (TPSA) is 122 Å². The molecule has 6 heterocycles. The van der Waals surface area contributed by atoms with E-state index in [1.54, 1.807) is 19.5 Å². The second kappa shape index (κ2) is 12.9. The molecule has 49 heavy (non-hydrogen) atoms. The van der Waals surface area contributed by atoms with Gasteiger partial charge in [-0.05, 0) is 68.7 Å². The molecule has 3 saturated heterocycles. The van der Waals surface area contributed by atoms with Crippen molar-refractivity contribution in [1.29, 1.82) is 0 Å². The number of morpholine rings is 1. The number of aliphatic hydroxyl groups is 1. The van der Waals surface area contributed by atoms with E-state index in [0.29, 0.717) is 79.0 Å². The van der Waals surface area contributed by atoms with Gasteiger partial charge < -0.3 is 24.2 Å². The summed E-state index contributed by atoms with van der Waals surface area (Å²) in [7, 11) is 1.69. The Kier molecular flexibility index (Phi) is 8.67. The third-order valence-electron chi connectivity index (χ3n) is 11.3. The minimum Gasteiger partial charge on any atom is -0.461 e. The number of methoxy groups -OCH3 is 1. The Morgan fingerprint density at radius 2 is 1.92 bits per heavy atom. The van der Waals surface area contributed by atoms with E-state index >= 15 is 4.39 Å². The molecule has 0 bridgehead atoms. The van der Waals surface area contributed by atoms with Crippen molar-refractivity contribution < 1.29 is 23.7 Å². The van der Waals surface area contributed by atoms with Crippen LogP contribution in [0.25, 0.3) is 33.1 Å². The summed E-state index contributed by atoms with van der Waals surface area (Å²) in [5.41, 5.74) is 2.08. The van der Waals surface area contributed by atoms with E-state index in [0.717, 1.165) is 56.1 Å². The molecule has 2 unspecified atom stereocenters. The summed E-state index contributed by atoms with van der Waals surface area (Å²) in [6.07, 6.45) is 9.48. The molecule has 13 heteroatoms. The highest BCUT2D eigenvalue weighted by Crippen LogP contribution is 2.54. The fourth-order valence-corrected chi connectivity index (χ4v) is 9.27. The molecule has 2 N–H and O–H groups in total. The van der Waals surface area contributed by atoms with Crippen LogP contribution >= 0.6 is 11.6 Å². The van der Waals surface area contributed by atoms with Gasteiger partial charge in [0.15, 0.2) is 5.82 Å². The molecule has 262 valence electrons. The van der Waals surface area contributed by atoms with Crippen LogP contribution in [-0.4, -0.2) is 106 Å². The average molecular weight is 694 g/mol. The first-order valence-corrected chi connectivity index (χ1v) is 18.2. The highest BCUT2D eigenvalue weighted by molar-refractivity contribution is 6.33. The van der Waals surface area contributed by atoms with Crippen LogP contribution < -0.4 is 9.64 Å². The van der Waals surface area contributed by atoms with Crippen molar-refractivity contribution in [3.8, 4) is 17.3 Å². The number of hydrogen-bond donors (Lipinski definition) is 2. The number of benzene rings is 1. The summed E-state index contributed by atoms with van der Waals surface area (Å²) in [6.45, 7) is 8.81. The Balaban J connectivity index is 0.00000171. The maximum Gasteiger partial charge on any atom is 0.319 e. The lowest BCUT2D eigenvalue weighted by Crippen LogP contribution is -2.60. The van der Waals surface area contributed by atoms with E-state index in [9.17, 15) is 5.11 Å². The van der Waals surface area contributed by atoms with E-state index in [1.807, 2.05) is 19.9 Å². The maximum atomic E-state index is 17.2. The molecule has 2 aliphatic carbocycles. The van der Waals surface area contributed by atoms with Crippen molar-refractivity contribution in [2.24, 2.45) is 5.92 Å². The van der Waals surface area contributed by atoms with Gasteiger partial charge in [-0.15, -0.1) is 0 Å². The average Bonchev–Trinajstić information content (AvgIpc) is 3.38. The molecular formula is C36H45ClFN7O4. The Bertz CT molecular complexity index is 1850. The highest BCUT2D eigenvalue weighted by atomic mass is 35.5. The molecular weight excluding hydrogens is 649 g/mol. The van der Waals surface area contributed by atoms with E-state index in [2.05, 4.69) is 20.0 Å².